The van der Waals surface area contributed by atoms with Crippen LogP contribution in [0.2, 0.25) is 0 Å². The molecule has 1 heterocycles. The SMILES string of the molecule is O=c1cc[nH]c([N+](=O)[O-])c1CO. The number of hydrogen-bond acceptors (Lipinski definition) is 4. The lowest BCUT2D eigenvalue weighted by atomic mass is 10.2. The Morgan fingerprint density at radius 1 is 1.67 bits per heavy atom. The van der Waals surface area contributed by atoms with Gasteiger partial charge in [0.15, 0.2) is 5.43 Å². The molecule has 0 spiro atoms. The summed E-state index contributed by atoms with van der Waals surface area (Å²) in [5.74, 6) is -0.454. The smallest absolute Gasteiger partial charge is 0.330 e. The summed E-state index contributed by atoms with van der Waals surface area (Å²) in [5, 5.41) is 18.9. The van der Waals surface area contributed by atoms with Crippen LogP contribution in [0.4, 0.5) is 5.82 Å². The highest BCUT2D eigenvalue weighted by Gasteiger charge is 2.13. The standard InChI is InChI=1S/C6H6N2O4/c9-3-4-5(10)1-2-7-6(4)8(11)12/h1-2,9H,3H2,(H,7,10). The number of nitrogens with zero attached hydrogens (tertiary/aromatic N) is 1. The van der Waals surface area contributed by atoms with Crippen molar-refractivity contribution >= 4 is 5.82 Å². The maximum absolute atomic E-state index is 10.9. The predicted molar refractivity (Wildman–Crippen MR) is 39.6 cm³/mol. The van der Waals surface area contributed by atoms with Crippen molar-refractivity contribution in [3.63, 3.8) is 0 Å². The predicted octanol–water partition coefficient (Wildman–Crippen LogP) is -0.225. The molecule has 6 nitrogen and oxygen atoms in total. The highest BCUT2D eigenvalue weighted by atomic mass is 16.6. The molecule has 0 radical (unpaired) electrons. The third-order valence-electron chi connectivity index (χ3n) is 1.38. The number of aliphatic hydroxyl groups is 1. The van der Waals surface area contributed by atoms with Crippen LogP contribution in [0.1, 0.15) is 5.56 Å². The Labute approximate surface area is 66.6 Å². The molecule has 2 N–H and O–H groups in total. The molecule has 1 rings (SSSR count). The van der Waals surface area contributed by atoms with Crippen LogP contribution in [-0.4, -0.2) is 15.0 Å². The third-order valence-corrected chi connectivity index (χ3v) is 1.38. The zero-order chi connectivity index (χ0) is 9.14. The zero-order valence-electron chi connectivity index (χ0n) is 5.98. The van der Waals surface area contributed by atoms with Gasteiger partial charge >= 0.3 is 5.82 Å². The third kappa shape index (κ3) is 1.32. The number of aromatic nitrogens is 1. The Morgan fingerprint density at radius 2 is 2.33 bits per heavy atom. The number of H-pyrrole nitrogens is 1. The zero-order valence-corrected chi connectivity index (χ0v) is 5.98. The summed E-state index contributed by atoms with van der Waals surface area (Å²) in [6.07, 6.45) is 1.17. The van der Waals surface area contributed by atoms with E-state index in [2.05, 4.69) is 4.98 Å². The molecule has 0 amide bonds. The van der Waals surface area contributed by atoms with E-state index < -0.39 is 22.8 Å². The molecule has 64 valence electrons. The number of hydrogen-bond donors (Lipinski definition) is 2. The van der Waals surface area contributed by atoms with Gasteiger partial charge in [-0.05, 0) is 4.92 Å². The first-order valence-electron chi connectivity index (χ1n) is 3.12. The molecule has 1 aromatic rings. The van der Waals surface area contributed by atoms with Gasteiger partial charge < -0.3 is 15.2 Å². The summed E-state index contributed by atoms with van der Waals surface area (Å²) in [5.41, 5.74) is -0.759. The van der Waals surface area contributed by atoms with Crippen molar-refractivity contribution in [3.8, 4) is 0 Å². The van der Waals surface area contributed by atoms with Gasteiger partial charge in [-0.1, -0.05) is 0 Å². The molecule has 12 heavy (non-hydrogen) atoms. The minimum absolute atomic E-state index is 0.220. The number of nitro groups is 1. The number of aromatic amines is 1. The second-order valence-electron chi connectivity index (χ2n) is 2.08. The van der Waals surface area contributed by atoms with E-state index >= 15 is 0 Å². The summed E-state index contributed by atoms with van der Waals surface area (Å²) < 4.78 is 0. The van der Waals surface area contributed by atoms with Crippen molar-refractivity contribution in [2.75, 3.05) is 0 Å². The van der Waals surface area contributed by atoms with E-state index in [-0.39, 0.29) is 5.56 Å². The first-order chi connectivity index (χ1) is 5.66. The molecule has 0 aliphatic rings. The van der Waals surface area contributed by atoms with Crippen molar-refractivity contribution in [3.05, 3.63) is 38.2 Å². The fourth-order valence-electron chi connectivity index (χ4n) is 0.816. The lowest BCUT2D eigenvalue weighted by Gasteiger charge is -1.97. The van der Waals surface area contributed by atoms with Crippen LogP contribution in [-0.2, 0) is 6.61 Å². The summed E-state index contributed by atoms with van der Waals surface area (Å²) in [4.78, 5) is 22.7. The van der Waals surface area contributed by atoms with E-state index in [1.807, 2.05) is 0 Å². The molecule has 0 saturated heterocycles. The van der Waals surface area contributed by atoms with E-state index in [0.717, 1.165) is 6.07 Å². The summed E-state index contributed by atoms with van der Waals surface area (Å²) >= 11 is 0. The van der Waals surface area contributed by atoms with Gasteiger partial charge in [-0.3, -0.25) is 4.79 Å². The van der Waals surface area contributed by atoms with E-state index in [1.165, 1.54) is 6.20 Å². The second kappa shape index (κ2) is 3.14. The molecule has 0 bridgehead atoms. The van der Waals surface area contributed by atoms with Gasteiger partial charge in [0.1, 0.15) is 5.56 Å². The molecule has 6 heteroatoms. The van der Waals surface area contributed by atoms with E-state index in [4.69, 9.17) is 5.11 Å². The lowest BCUT2D eigenvalue weighted by molar-refractivity contribution is -0.390. The maximum atomic E-state index is 10.9. The Morgan fingerprint density at radius 3 is 2.75 bits per heavy atom. The number of nitrogens with one attached hydrogen (secondary N) is 1. The molecule has 0 atom stereocenters. The van der Waals surface area contributed by atoms with Gasteiger partial charge in [-0.2, -0.15) is 0 Å². The monoisotopic (exact) mass is 170 g/mol. The summed E-state index contributed by atoms with van der Waals surface area (Å²) in [6.45, 7) is -0.632. The highest BCUT2D eigenvalue weighted by molar-refractivity contribution is 5.30. The first-order valence-corrected chi connectivity index (χ1v) is 3.12. The van der Waals surface area contributed by atoms with Crippen LogP contribution in [0.5, 0.6) is 0 Å². The van der Waals surface area contributed by atoms with Gasteiger partial charge in [0.25, 0.3) is 0 Å². The molecule has 1 aromatic heterocycles. The molecule has 0 fully saturated rings. The van der Waals surface area contributed by atoms with Crippen LogP contribution in [0, 0.1) is 10.1 Å². The van der Waals surface area contributed by atoms with Crippen LogP contribution in [0.25, 0.3) is 0 Å². The fourth-order valence-corrected chi connectivity index (χ4v) is 0.816. The topological polar surface area (TPSA) is 96.2 Å². The minimum atomic E-state index is -0.743. The van der Waals surface area contributed by atoms with Crippen LogP contribution in [0.3, 0.4) is 0 Å². The van der Waals surface area contributed by atoms with E-state index in [1.54, 1.807) is 0 Å². The fraction of sp³-hybridized carbons (Fsp3) is 0.167. The maximum Gasteiger partial charge on any atom is 0.330 e. The molecule has 0 aromatic carbocycles. The molecule has 0 saturated carbocycles. The van der Waals surface area contributed by atoms with Gasteiger partial charge in [0.05, 0.1) is 12.8 Å². The first kappa shape index (κ1) is 8.41. The second-order valence-corrected chi connectivity index (χ2v) is 2.08. The van der Waals surface area contributed by atoms with Crippen LogP contribution < -0.4 is 5.43 Å². The van der Waals surface area contributed by atoms with Gasteiger partial charge in [-0.25, -0.2) is 4.98 Å². The molecular formula is C6H6N2O4. The average Bonchev–Trinajstić information content (AvgIpc) is 2.03. The molecule has 0 aliphatic carbocycles. The van der Waals surface area contributed by atoms with Crippen molar-refractivity contribution in [2.45, 2.75) is 6.61 Å². The Bertz CT molecular complexity index is 357. The lowest BCUT2D eigenvalue weighted by Crippen LogP contribution is -2.11. The van der Waals surface area contributed by atoms with Gasteiger partial charge in [0, 0.05) is 6.07 Å². The summed E-state index contributed by atoms with van der Waals surface area (Å²) in [7, 11) is 0. The highest BCUT2D eigenvalue weighted by Crippen LogP contribution is 2.08. The van der Waals surface area contributed by atoms with Crippen molar-refractivity contribution < 1.29 is 10.0 Å². The van der Waals surface area contributed by atoms with E-state index in [9.17, 15) is 14.9 Å². The quantitative estimate of drug-likeness (QED) is 0.473. The summed E-state index contributed by atoms with van der Waals surface area (Å²) in [6, 6.07) is 1.12. The Balaban J connectivity index is 3.38. The van der Waals surface area contributed by atoms with Gasteiger partial charge in [0.2, 0.25) is 0 Å². The minimum Gasteiger partial charge on any atom is -0.391 e. The number of pyridine rings is 1. The Hall–Kier alpha value is -1.69. The van der Waals surface area contributed by atoms with Gasteiger partial charge in [-0.15, -0.1) is 0 Å². The van der Waals surface area contributed by atoms with Crippen LogP contribution in [0.15, 0.2) is 17.1 Å². The van der Waals surface area contributed by atoms with E-state index in [0.29, 0.717) is 0 Å². The van der Waals surface area contributed by atoms with Crippen molar-refractivity contribution in [2.24, 2.45) is 0 Å². The molecule has 0 aliphatic heterocycles. The molecule has 0 unspecified atom stereocenters. The number of aliphatic hydroxyl groups excluding tert-OH is 1. The normalized spacial score (nSPS) is 9.75. The number of rotatable bonds is 2. The Kier molecular flexibility index (Phi) is 2.20. The van der Waals surface area contributed by atoms with Crippen molar-refractivity contribution in [1.82, 2.24) is 4.98 Å². The average molecular weight is 170 g/mol. The van der Waals surface area contributed by atoms with Crippen LogP contribution >= 0.6 is 0 Å². The molecular weight excluding hydrogens is 164 g/mol. The van der Waals surface area contributed by atoms with Crippen molar-refractivity contribution in [1.29, 1.82) is 0 Å². The largest absolute Gasteiger partial charge is 0.391 e.